The second-order valence-corrected chi connectivity index (χ2v) is 9.75. The quantitative estimate of drug-likeness (QED) is 0.194. The molecule has 196 valence electrons. The van der Waals surface area contributed by atoms with Crippen molar-refractivity contribution < 1.29 is 35.5 Å². The van der Waals surface area contributed by atoms with Crippen LogP contribution in [0.25, 0.3) is 0 Å². The number of carbonyl (C=O) groups excluding carboxylic acids is 1. The largest absolute Gasteiger partial charge is 0.416 e. The standard InChI is InChI=1S/C25H23F3N2O6S/c1-3-17(2)29(24(31)19-10-12-21(13-11-19)30(32)33)16-18-6-4-8-22(14-18)36-37(34,35)23-9-5-7-20(15-23)25(26,27)28/h4-15,17H,3,16H2,1-2H3. The van der Waals surface area contributed by atoms with Gasteiger partial charge in [-0.2, -0.15) is 21.6 Å². The van der Waals surface area contributed by atoms with Crippen molar-refractivity contribution in [2.45, 2.75) is 43.9 Å². The Morgan fingerprint density at radius 1 is 1.05 bits per heavy atom. The number of nitrogens with zero attached hydrogens (tertiary/aromatic N) is 2. The highest BCUT2D eigenvalue weighted by Crippen LogP contribution is 2.31. The van der Waals surface area contributed by atoms with Crippen LogP contribution in [0.15, 0.2) is 77.7 Å². The highest BCUT2D eigenvalue weighted by atomic mass is 32.2. The number of halogens is 3. The van der Waals surface area contributed by atoms with E-state index in [-0.39, 0.29) is 35.5 Å². The molecule has 0 saturated carbocycles. The molecule has 0 bridgehead atoms. The zero-order valence-corrected chi connectivity index (χ0v) is 20.6. The van der Waals surface area contributed by atoms with Gasteiger partial charge in [0, 0.05) is 30.3 Å². The van der Waals surface area contributed by atoms with Crippen molar-refractivity contribution in [1.82, 2.24) is 4.90 Å². The molecule has 0 heterocycles. The third-order valence-electron chi connectivity index (χ3n) is 5.62. The first-order chi connectivity index (χ1) is 17.3. The summed E-state index contributed by atoms with van der Waals surface area (Å²) in [6.07, 6.45) is -4.13. The minimum atomic E-state index is -4.72. The van der Waals surface area contributed by atoms with E-state index in [4.69, 9.17) is 4.18 Å². The minimum Gasteiger partial charge on any atom is -0.379 e. The average Bonchev–Trinajstić information content (AvgIpc) is 2.86. The zero-order chi connectivity index (χ0) is 27.4. The second-order valence-electron chi connectivity index (χ2n) is 8.20. The smallest absolute Gasteiger partial charge is 0.379 e. The lowest BCUT2D eigenvalue weighted by atomic mass is 10.1. The summed E-state index contributed by atoms with van der Waals surface area (Å²) in [5.74, 6) is -0.519. The lowest BCUT2D eigenvalue weighted by molar-refractivity contribution is -0.384. The summed E-state index contributed by atoms with van der Waals surface area (Å²) in [5.41, 5.74) is -0.531. The van der Waals surface area contributed by atoms with Crippen LogP contribution < -0.4 is 4.18 Å². The van der Waals surface area contributed by atoms with Crippen LogP contribution in [0, 0.1) is 10.1 Å². The van der Waals surface area contributed by atoms with Gasteiger partial charge in [-0.3, -0.25) is 14.9 Å². The molecule has 3 aromatic carbocycles. The van der Waals surface area contributed by atoms with Gasteiger partial charge in [0.2, 0.25) is 0 Å². The summed E-state index contributed by atoms with van der Waals surface area (Å²) in [4.78, 5) is 24.4. The maximum atomic E-state index is 13.2. The van der Waals surface area contributed by atoms with E-state index in [9.17, 15) is 36.5 Å². The Labute approximate surface area is 211 Å². The molecule has 0 saturated heterocycles. The van der Waals surface area contributed by atoms with Gasteiger partial charge < -0.3 is 9.08 Å². The fourth-order valence-electron chi connectivity index (χ4n) is 3.43. The molecule has 37 heavy (non-hydrogen) atoms. The lowest BCUT2D eigenvalue weighted by Gasteiger charge is -2.29. The Morgan fingerprint density at radius 2 is 1.70 bits per heavy atom. The van der Waals surface area contributed by atoms with Gasteiger partial charge in [-0.05, 0) is 61.4 Å². The molecule has 12 heteroatoms. The van der Waals surface area contributed by atoms with E-state index >= 15 is 0 Å². The van der Waals surface area contributed by atoms with Crippen LogP contribution in [0.4, 0.5) is 18.9 Å². The maximum absolute atomic E-state index is 13.2. The van der Waals surface area contributed by atoms with Crippen molar-refractivity contribution in [3.8, 4) is 5.75 Å². The van der Waals surface area contributed by atoms with E-state index in [1.54, 1.807) is 6.07 Å². The fourth-order valence-corrected chi connectivity index (χ4v) is 4.40. The molecule has 0 aliphatic heterocycles. The number of alkyl halides is 3. The highest BCUT2D eigenvalue weighted by molar-refractivity contribution is 7.87. The molecule has 0 fully saturated rings. The molecule has 3 aromatic rings. The Kier molecular flexibility index (Phi) is 8.22. The first kappa shape index (κ1) is 27.7. The van der Waals surface area contributed by atoms with Crippen molar-refractivity contribution in [1.29, 1.82) is 0 Å². The fraction of sp³-hybridized carbons (Fsp3) is 0.240. The van der Waals surface area contributed by atoms with E-state index in [1.165, 1.54) is 47.4 Å². The molecule has 1 atom stereocenters. The number of rotatable bonds is 9. The lowest BCUT2D eigenvalue weighted by Crippen LogP contribution is -2.37. The van der Waals surface area contributed by atoms with Crippen LogP contribution in [-0.2, 0) is 22.8 Å². The van der Waals surface area contributed by atoms with Crippen LogP contribution in [0.2, 0.25) is 0 Å². The van der Waals surface area contributed by atoms with E-state index in [0.717, 1.165) is 18.2 Å². The summed E-state index contributed by atoms with van der Waals surface area (Å²) in [7, 11) is -4.57. The predicted molar refractivity (Wildman–Crippen MR) is 128 cm³/mol. The summed E-state index contributed by atoms with van der Waals surface area (Å²) in [5, 5.41) is 10.9. The number of hydrogen-bond donors (Lipinski definition) is 0. The van der Waals surface area contributed by atoms with Crippen LogP contribution in [-0.4, -0.2) is 30.2 Å². The van der Waals surface area contributed by atoms with Crippen LogP contribution in [0.5, 0.6) is 5.75 Å². The van der Waals surface area contributed by atoms with Crippen molar-refractivity contribution >= 4 is 21.7 Å². The molecule has 0 N–H and O–H groups in total. The number of nitro benzene ring substituents is 1. The Bertz CT molecular complexity index is 1390. The van der Waals surface area contributed by atoms with Crippen molar-refractivity contribution in [2.75, 3.05) is 0 Å². The normalized spacial score (nSPS) is 12.6. The van der Waals surface area contributed by atoms with Gasteiger partial charge in [0.05, 0.1) is 10.5 Å². The number of nitro groups is 1. The molecule has 8 nitrogen and oxygen atoms in total. The summed E-state index contributed by atoms with van der Waals surface area (Å²) in [6, 6.07) is 14.0. The number of non-ortho nitro benzene ring substituents is 1. The first-order valence-corrected chi connectivity index (χ1v) is 12.5. The summed E-state index contributed by atoms with van der Waals surface area (Å²) >= 11 is 0. The molecule has 3 rings (SSSR count). The van der Waals surface area contributed by atoms with Crippen LogP contribution in [0.1, 0.15) is 41.8 Å². The average molecular weight is 537 g/mol. The van der Waals surface area contributed by atoms with Crippen LogP contribution in [0.3, 0.4) is 0 Å². The van der Waals surface area contributed by atoms with Crippen molar-refractivity contribution in [3.05, 3.63) is 99.6 Å². The molecule has 1 amide bonds. The van der Waals surface area contributed by atoms with E-state index in [2.05, 4.69) is 0 Å². The van der Waals surface area contributed by atoms with Gasteiger partial charge in [-0.25, -0.2) is 0 Å². The zero-order valence-electron chi connectivity index (χ0n) is 19.8. The van der Waals surface area contributed by atoms with E-state index in [0.29, 0.717) is 18.1 Å². The van der Waals surface area contributed by atoms with Gasteiger partial charge in [0.25, 0.3) is 11.6 Å². The SMILES string of the molecule is CCC(C)N(Cc1cccc(OS(=O)(=O)c2cccc(C(F)(F)F)c2)c1)C(=O)c1ccc([N+](=O)[O-])cc1. The molecule has 0 aliphatic carbocycles. The van der Waals surface area contributed by atoms with Gasteiger partial charge >= 0.3 is 16.3 Å². The molecule has 0 aromatic heterocycles. The van der Waals surface area contributed by atoms with Gasteiger partial charge in [0.1, 0.15) is 10.6 Å². The molecule has 1 unspecified atom stereocenters. The summed E-state index contributed by atoms with van der Waals surface area (Å²) in [6.45, 7) is 3.76. The minimum absolute atomic E-state index is 0.0611. The summed E-state index contributed by atoms with van der Waals surface area (Å²) < 4.78 is 69.3. The molecule has 0 aliphatic rings. The van der Waals surface area contributed by atoms with Gasteiger partial charge in [-0.1, -0.05) is 25.1 Å². The van der Waals surface area contributed by atoms with Crippen molar-refractivity contribution in [2.24, 2.45) is 0 Å². The molecular formula is C25H23F3N2O6S. The third-order valence-corrected chi connectivity index (χ3v) is 6.86. The van der Waals surface area contributed by atoms with Gasteiger partial charge in [0.15, 0.2) is 0 Å². The first-order valence-electron chi connectivity index (χ1n) is 11.1. The number of benzene rings is 3. The number of hydrogen-bond acceptors (Lipinski definition) is 6. The molecule has 0 radical (unpaired) electrons. The Balaban J connectivity index is 1.84. The third kappa shape index (κ3) is 6.85. The Hall–Kier alpha value is -3.93. The number of amides is 1. The Morgan fingerprint density at radius 3 is 2.30 bits per heavy atom. The number of carbonyl (C=O) groups is 1. The monoisotopic (exact) mass is 536 g/mol. The van der Waals surface area contributed by atoms with E-state index in [1.807, 2.05) is 13.8 Å². The predicted octanol–water partition coefficient (Wildman–Crippen LogP) is 5.82. The molecular weight excluding hydrogens is 513 g/mol. The molecule has 0 spiro atoms. The maximum Gasteiger partial charge on any atom is 0.416 e. The topological polar surface area (TPSA) is 107 Å². The van der Waals surface area contributed by atoms with Crippen molar-refractivity contribution in [3.63, 3.8) is 0 Å². The highest BCUT2D eigenvalue weighted by Gasteiger charge is 2.32. The van der Waals surface area contributed by atoms with E-state index < -0.39 is 31.7 Å². The van der Waals surface area contributed by atoms with Gasteiger partial charge in [-0.15, -0.1) is 0 Å². The second kappa shape index (κ2) is 11.0. The van der Waals surface area contributed by atoms with Crippen LogP contribution >= 0.6 is 0 Å².